The maximum absolute atomic E-state index is 12.5. The third-order valence-corrected chi connectivity index (χ3v) is 4.88. The smallest absolute Gasteiger partial charge is 0.270 e. The minimum absolute atomic E-state index is 0. The van der Waals surface area contributed by atoms with Crippen LogP contribution in [0.5, 0.6) is 0 Å². The van der Waals surface area contributed by atoms with Gasteiger partial charge in [0.05, 0.1) is 10.0 Å². The molecule has 0 unspecified atom stereocenters. The van der Waals surface area contributed by atoms with Crippen LogP contribution in [0, 0.1) is 0 Å². The second-order valence-corrected chi connectivity index (χ2v) is 6.07. The number of H-pyrrole nitrogens is 1. The monoisotopic (exact) mass is 400 g/mol. The number of carbonyl (C=O) groups is 1. The summed E-state index contributed by atoms with van der Waals surface area (Å²) in [6.45, 7) is 4.45. The summed E-state index contributed by atoms with van der Waals surface area (Å²) >= 11 is 3.48. The first-order valence-corrected chi connectivity index (χ1v) is 8.18. The van der Waals surface area contributed by atoms with E-state index in [1.165, 1.54) is 0 Å². The molecule has 23 heavy (non-hydrogen) atoms. The van der Waals surface area contributed by atoms with Crippen molar-refractivity contribution in [2.45, 2.75) is 32.2 Å². The lowest BCUT2D eigenvalue weighted by molar-refractivity contribution is 0.0889. The highest BCUT2D eigenvalue weighted by molar-refractivity contribution is 9.10. The number of aromatic nitrogens is 2. The van der Waals surface area contributed by atoms with E-state index in [2.05, 4.69) is 31.4 Å². The van der Waals surface area contributed by atoms with Gasteiger partial charge in [0, 0.05) is 12.1 Å². The molecule has 0 saturated carbocycles. The summed E-state index contributed by atoms with van der Waals surface area (Å²) < 4.78 is 0.661. The lowest BCUT2D eigenvalue weighted by Crippen LogP contribution is -2.53. The van der Waals surface area contributed by atoms with Gasteiger partial charge in [0.15, 0.2) is 0 Å². The van der Waals surface area contributed by atoms with Crippen LogP contribution < -0.4 is 11.1 Å². The number of rotatable bonds is 6. The number of aromatic amines is 1. The van der Waals surface area contributed by atoms with Crippen LogP contribution in [0.1, 0.15) is 37.2 Å². The SMILES string of the molecule is CCC(CC)(CN)NC(=O)c1[nH]nc(-c2ccccc2)c1Br.Cl. The molecule has 1 aromatic heterocycles. The third-order valence-electron chi connectivity index (χ3n) is 4.10. The summed E-state index contributed by atoms with van der Waals surface area (Å²) in [5, 5.41) is 10.1. The van der Waals surface area contributed by atoms with Gasteiger partial charge in [-0.25, -0.2) is 0 Å². The van der Waals surface area contributed by atoms with Gasteiger partial charge in [-0.3, -0.25) is 9.89 Å². The van der Waals surface area contributed by atoms with Gasteiger partial charge in [-0.2, -0.15) is 5.10 Å². The van der Waals surface area contributed by atoms with Crippen LogP contribution in [0.2, 0.25) is 0 Å². The van der Waals surface area contributed by atoms with Gasteiger partial charge in [0.2, 0.25) is 0 Å². The quantitative estimate of drug-likeness (QED) is 0.692. The summed E-state index contributed by atoms with van der Waals surface area (Å²) in [5.74, 6) is -0.198. The average Bonchev–Trinajstić information content (AvgIpc) is 2.95. The van der Waals surface area contributed by atoms with Crippen LogP contribution in [0.25, 0.3) is 11.3 Å². The summed E-state index contributed by atoms with van der Waals surface area (Å²) in [6.07, 6.45) is 1.56. The van der Waals surface area contributed by atoms with Crippen molar-refractivity contribution in [3.05, 3.63) is 40.5 Å². The van der Waals surface area contributed by atoms with Crippen molar-refractivity contribution >= 4 is 34.2 Å². The number of halogens is 2. The Bertz CT molecular complexity index is 633. The zero-order valence-corrected chi connectivity index (χ0v) is 15.6. The first-order chi connectivity index (χ1) is 10.6. The van der Waals surface area contributed by atoms with Crippen molar-refractivity contribution < 1.29 is 4.79 Å². The zero-order chi connectivity index (χ0) is 16.2. The first-order valence-electron chi connectivity index (χ1n) is 7.38. The van der Waals surface area contributed by atoms with Crippen molar-refractivity contribution in [3.63, 3.8) is 0 Å². The van der Waals surface area contributed by atoms with Crippen molar-refractivity contribution in [1.82, 2.24) is 15.5 Å². The van der Waals surface area contributed by atoms with E-state index in [9.17, 15) is 4.79 Å². The van der Waals surface area contributed by atoms with E-state index in [-0.39, 0.29) is 23.9 Å². The van der Waals surface area contributed by atoms with Gasteiger partial charge >= 0.3 is 0 Å². The highest BCUT2D eigenvalue weighted by Gasteiger charge is 2.29. The molecule has 0 aliphatic carbocycles. The van der Waals surface area contributed by atoms with Crippen LogP contribution in [-0.2, 0) is 0 Å². The fourth-order valence-corrected chi connectivity index (χ4v) is 2.92. The van der Waals surface area contributed by atoms with E-state index in [1.54, 1.807) is 0 Å². The summed E-state index contributed by atoms with van der Waals surface area (Å²) in [4.78, 5) is 12.5. The molecule has 0 fully saturated rings. The molecule has 0 atom stereocenters. The van der Waals surface area contributed by atoms with Crippen LogP contribution in [0.3, 0.4) is 0 Å². The number of benzene rings is 1. The first kappa shape index (κ1) is 19.7. The molecule has 5 nitrogen and oxygen atoms in total. The molecule has 2 rings (SSSR count). The molecule has 1 amide bonds. The Morgan fingerprint density at radius 3 is 2.43 bits per heavy atom. The summed E-state index contributed by atoms with van der Waals surface area (Å²) in [7, 11) is 0. The van der Waals surface area contributed by atoms with Crippen LogP contribution >= 0.6 is 28.3 Å². The van der Waals surface area contributed by atoms with Crippen LogP contribution in [0.15, 0.2) is 34.8 Å². The molecule has 4 N–H and O–H groups in total. The Kier molecular flexibility index (Phi) is 7.25. The molecule has 0 aliphatic heterocycles. The Labute approximate surface area is 151 Å². The number of nitrogens with zero attached hydrogens (tertiary/aromatic N) is 1. The number of hydrogen-bond donors (Lipinski definition) is 3. The minimum atomic E-state index is -0.380. The molecule has 0 saturated heterocycles. The van der Waals surface area contributed by atoms with Crippen LogP contribution in [-0.4, -0.2) is 28.2 Å². The van der Waals surface area contributed by atoms with Crippen molar-refractivity contribution in [2.75, 3.05) is 6.54 Å². The van der Waals surface area contributed by atoms with Gasteiger partial charge in [-0.1, -0.05) is 44.2 Å². The fourth-order valence-electron chi connectivity index (χ4n) is 2.34. The van der Waals surface area contributed by atoms with E-state index < -0.39 is 0 Å². The standard InChI is InChI=1S/C16H21BrN4O.ClH/c1-3-16(4-2,10-18)19-15(22)14-12(17)13(20-21-14)11-8-6-5-7-9-11;/h5-9H,3-4,10,18H2,1-2H3,(H,19,22)(H,20,21);1H. The normalized spacial score (nSPS) is 11.0. The molecule has 0 bridgehead atoms. The number of nitrogens with two attached hydrogens (primary N) is 1. The summed E-state index contributed by atoms with van der Waals surface area (Å²) in [5.41, 5.74) is 7.54. The van der Waals surface area contributed by atoms with Crippen LogP contribution in [0.4, 0.5) is 0 Å². The summed E-state index contributed by atoms with van der Waals surface area (Å²) in [6, 6.07) is 9.71. The molecule has 1 aromatic carbocycles. The van der Waals surface area contributed by atoms with Gasteiger partial charge in [0.25, 0.3) is 5.91 Å². The predicted octanol–water partition coefficient (Wildman–Crippen LogP) is 3.51. The topological polar surface area (TPSA) is 83.8 Å². The molecule has 126 valence electrons. The predicted molar refractivity (Wildman–Crippen MR) is 98.8 cm³/mol. The average molecular weight is 402 g/mol. The molecular weight excluding hydrogens is 380 g/mol. The van der Waals surface area contributed by atoms with E-state index in [1.807, 2.05) is 44.2 Å². The van der Waals surface area contributed by atoms with Crippen molar-refractivity contribution in [2.24, 2.45) is 5.73 Å². The van der Waals surface area contributed by atoms with E-state index in [0.717, 1.165) is 24.1 Å². The van der Waals surface area contributed by atoms with Gasteiger partial charge in [-0.05, 0) is 28.8 Å². The van der Waals surface area contributed by atoms with E-state index in [0.29, 0.717) is 16.7 Å². The molecule has 0 aliphatic rings. The van der Waals surface area contributed by atoms with Gasteiger partial charge < -0.3 is 11.1 Å². The van der Waals surface area contributed by atoms with E-state index in [4.69, 9.17) is 5.73 Å². The number of hydrogen-bond acceptors (Lipinski definition) is 3. The van der Waals surface area contributed by atoms with Gasteiger partial charge in [0.1, 0.15) is 11.4 Å². The van der Waals surface area contributed by atoms with Crippen molar-refractivity contribution in [1.29, 1.82) is 0 Å². The molecular formula is C16H22BrClN4O. The number of carbonyl (C=O) groups excluding carboxylic acids is 1. The molecule has 0 spiro atoms. The lowest BCUT2D eigenvalue weighted by atomic mass is 9.93. The Balaban J connectivity index is 0.00000264. The van der Waals surface area contributed by atoms with Gasteiger partial charge in [-0.15, -0.1) is 12.4 Å². The Hall–Kier alpha value is -1.37. The molecule has 2 aromatic rings. The maximum atomic E-state index is 12.5. The fraction of sp³-hybridized carbons (Fsp3) is 0.375. The Morgan fingerprint density at radius 2 is 1.91 bits per heavy atom. The number of amides is 1. The highest BCUT2D eigenvalue weighted by atomic mass is 79.9. The molecule has 0 radical (unpaired) electrons. The Morgan fingerprint density at radius 1 is 1.30 bits per heavy atom. The highest BCUT2D eigenvalue weighted by Crippen LogP contribution is 2.29. The minimum Gasteiger partial charge on any atom is -0.344 e. The lowest BCUT2D eigenvalue weighted by Gasteiger charge is -2.31. The zero-order valence-electron chi connectivity index (χ0n) is 13.2. The molecule has 7 heteroatoms. The van der Waals surface area contributed by atoms with Crippen molar-refractivity contribution in [3.8, 4) is 11.3 Å². The third kappa shape index (κ3) is 4.13. The number of nitrogens with one attached hydrogen (secondary N) is 2. The molecule has 1 heterocycles. The second kappa shape index (κ2) is 8.47. The largest absolute Gasteiger partial charge is 0.344 e. The van der Waals surface area contributed by atoms with E-state index >= 15 is 0 Å². The second-order valence-electron chi connectivity index (χ2n) is 5.27. The maximum Gasteiger partial charge on any atom is 0.270 e.